The van der Waals surface area contributed by atoms with Crippen LogP contribution in [0.4, 0.5) is 26.3 Å². The van der Waals surface area contributed by atoms with Crippen molar-refractivity contribution in [3.63, 3.8) is 0 Å². The highest BCUT2D eigenvalue weighted by Gasteiger charge is 2.49. The zero-order chi connectivity index (χ0) is 13.6. The summed E-state index contributed by atoms with van der Waals surface area (Å²) in [4.78, 5) is 19.3. The maximum Gasteiger partial charge on any atom is 0.491 e. The average Bonchev–Trinajstić information content (AvgIpc) is 2.01. The van der Waals surface area contributed by atoms with Crippen molar-refractivity contribution in [2.45, 2.75) is 12.4 Å². The topological polar surface area (TPSA) is 43.4 Å². The Labute approximate surface area is 94.2 Å². The Morgan fingerprint density at radius 3 is 1.19 bits per heavy atom. The summed E-state index contributed by atoms with van der Waals surface area (Å²) in [5, 5.41) is 0.194. The first-order valence-electron chi connectivity index (χ1n) is 2.98. The summed E-state index contributed by atoms with van der Waals surface area (Å²) in [6, 6.07) is 0. The second kappa shape index (κ2) is 6.79. The number of carbonyl (C=O) groups excluding carboxylic acids is 2. The summed E-state index contributed by atoms with van der Waals surface area (Å²) < 4.78 is 69.7. The van der Waals surface area contributed by atoms with E-state index in [1.165, 1.54) is 0 Å². The van der Waals surface area contributed by atoms with E-state index in [-0.39, 0.29) is 5.34 Å². The van der Waals surface area contributed by atoms with E-state index < -0.39 is 24.3 Å². The van der Waals surface area contributed by atoms with Gasteiger partial charge in [-0.2, -0.15) is 26.3 Å². The van der Waals surface area contributed by atoms with Crippen LogP contribution in [-0.4, -0.2) is 29.6 Å². The molecule has 96 valence electrons. The van der Waals surface area contributed by atoms with E-state index in [1.807, 2.05) is 0 Å². The number of halogens is 8. The van der Waals surface area contributed by atoms with Crippen LogP contribution in [0.3, 0.4) is 0 Å². The van der Waals surface area contributed by atoms with Crippen LogP contribution in [0.2, 0.25) is 0 Å². The number of carbonyl (C=O) groups is 2. The molecule has 0 heterocycles. The molecule has 0 spiro atoms. The van der Waals surface area contributed by atoms with Crippen molar-refractivity contribution < 1.29 is 40.7 Å². The summed E-state index contributed by atoms with van der Waals surface area (Å²) in [7, 11) is 0. The van der Waals surface area contributed by atoms with Gasteiger partial charge in [0.05, 0.1) is 5.34 Å². The minimum absolute atomic E-state index is 0.194. The summed E-state index contributed by atoms with van der Waals surface area (Å²) in [5.74, 6) is -6.40. The van der Waals surface area contributed by atoms with Gasteiger partial charge in [0.15, 0.2) is 0 Å². The smallest absolute Gasteiger partial charge is 0.380 e. The lowest BCUT2D eigenvalue weighted by Gasteiger charge is -2.06. The first-order valence-corrected chi connectivity index (χ1v) is 4.05. The zero-order valence-electron chi connectivity index (χ0n) is 6.96. The number of hydrogen-bond donors (Lipinski definition) is 0. The number of rotatable bonds is 0. The molecule has 3 nitrogen and oxygen atoms in total. The number of alkyl halides is 8. The SMILES string of the molecule is ClCCl.O=C(OC(=O)C(F)(F)F)C(F)(F)F. The quantitative estimate of drug-likeness (QED) is 0.298. The molecule has 0 saturated heterocycles. The van der Waals surface area contributed by atoms with Gasteiger partial charge in [0.1, 0.15) is 0 Å². The van der Waals surface area contributed by atoms with Gasteiger partial charge in [0, 0.05) is 0 Å². The molecule has 0 atom stereocenters. The standard InChI is InChI=1S/C4F6O3.CH2Cl2/c5-3(6,7)1(11)13-2(12)4(8,9)10;2-1-3/h;1H2. The lowest BCUT2D eigenvalue weighted by Crippen LogP contribution is -2.34. The second-order valence-electron chi connectivity index (χ2n) is 1.77. The number of hydrogen-bond acceptors (Lipinski definition) is 3. The molecule has 11 heteroatoms. The van der Waals surface area contributed by atoms with E-state index in [1.54, 1.807) is 0 Å². The van der Waals surface area contributed by atoms with Crippen molar-refractivity contribution in [3.05, 3.63) is 0 Å². The molecule has 0 aromatic heterocycles. The molecule has 0 aliphatic heterocycles. The molecule has 0 unspecified atom stereocenters. The molecule has 0 aliphatic carbocycles. The first kappa shape index (κ1) is 17.7. The second-order valence-corrected chi connectivity index (χ2v) is 2.58. The summed E-state index contributed by atoms with van der Waals surface area (Å²) >= 11 is 9.53. The molecule has 0 N–H and O–H groups in total. The highest BCUT2D eigenvalue weighted by Crippen LogP contribution is 2.21. The molecule has 0 fully saturated rings. The van der Waals surface area contributed by atoms with Crippen molar-refractivity contribution in [1.82, 2.24) is 0 Å². The van der Waals surface area contributed by atoms with Gasteiger partial charge in [0.2, 0.25) is 0 Å². The fourth-order valence-corrected chi connectivity index (χ4v) is 0.200. The maximum absolute atomic E-state index is 11.2. The van der Waals surface area contributed by atoms with Crippen molar-refractivity contribution in [3.8, 4) is 0 Å². The monoisotopic (exact) mass is 294 g/mol. The van der Waals surface area contributed by atoms with Gasteiger partial charge in [-0.3, -0.25) is 0 Å². The molecule has 0 saturated carbocycles. The van der Waals surface area contributed by atoms with E-state index in [9.17, 15) is 35.9 Å². The average molecular weight is 295 g/mol. The minimum atomic E-state index is -5.62. The van der Waals surface area contributed by atoms with Crippen LogP contribution < -0.4 is 0 Å². The van der Waals surface area contributed by atoms with Crippen LogP contribution in [0.5, 0.6) is 0 Å². The molecule has 0 rings (SSSR count). The van der Waals surface area contributed by atoms with Crippen LogP contribution in [0.25, 0.3) is 0 Å². The number of esters is 2. The molecule has 0 bridgehead atoms. The van der Waals surface area contributed by atoms with Gasteiger partial charge in [-0.15, -0.1) is 23.2 Å². The largest absolute Gasteiger partial charge is 0.491 e. The molecular weight excluding hydrogens is 293 g/mol. The van der Waals surface area contributed by atoms with Gasteiger partial charge < -0.3 is 4.74 Å². The highest BCUT2D eigenvalue weighted by molar-refractivity contribution is 6.40. The fraction of sp³-hybridized carbons (Fsp3) is 0.600. The summed E-state index contributed by atoms with van der Waals surface area (Å²) in [5.41, 5.74) is 0. The van der Waals surface area contributed by atoms with E-state index in [4.69, 9.17) is 23.2 Å². The number of ether oxygens (including phenoxy) is 1. The van der Waals surface area contributed by atoms with Gasteiger partial charge in [-0.25, -0.2) is 9.59 Å². The van der Waals surface area contributed by atoms with Crippen LogP contribution in [0.1, 0.15) is 0 Å². The van der Waals surface area contributed by atoms with Gasteiger partial charge >= 0.3 is 24.3 Å². The first-order chi connectivity index (χ1) is 6.96. The van der Waals surface area contributed by atoms with E-state index in [2.05, 4.69) is 4.74 Å². The normalized spacial score (nSPS) is 11.2. The molecule has 0 amide bonds. The van der Waals surface area contributed by atoms with Gasteiger partial charge in [-0.1, -0.05) is 0 Å². The Bertz CT molecular complexity index is 224. The maximum atomic E-state index is 11.2. The third-order valence-corrected chi connectivity index (χ3v) is 0.648. The molecule has 0 aromatic rings. The molecular formula is C5H2Cl2F6O3. The molecule has 0 aromatic carbocycles. The third kappa shape index (κ3) is 8.60. The lowest BCUT2D eigenvalue weighted by molar-refractivity contribution is -0.221. The Kier molecular flexibility index (Phi) is 7.51. The van der Waals surface area contributed by atoms with Crippen molar-refractivity contribution in [2.75, 3.05) is 5.34 Å². The van der Waals surface area contributed by atoms with Crippen LogP contribution in [-0.2, 0) is 14.3 Å². The van der Waals surface area contributed by atoms with Crippen molar-refractivity contribution in [1.29, 1.82) is 0 Å². The van der Waals surface area contributed by atoms with E-state index in [0.29, 0.717) is 0 Å². The van der Waals surface area contributed by atoms with Crippen LogP contribution in [0.15, 0.2) is 0 Å². The Hall–Kier alpha value is -0.700. The minimum Gasteiger partial charge on any atom is -0.380 e. The predicted octanol–water partition coefficient (Wildman–Crippen LogP) is 2.60. The van der Waals surface area contributed by atoms with Gasteiger partial charge in [0.25, 0.3) is 0 Å². The predicted molar refractivity (Wildman–Crippen MR) is 39.8 cm³/mol. The van der Waals surface area contributed by atoms with E-state index in [0.717, 1.165) is 0 Å². The van der Waals surface area contributed by atoms with E-state index >= 15 is 0 Å². The lowest BCUT2D eigenvalue weighted by atomic mass is 10.6. The van der Waals surface area contributed by atoms with Crippen LogP contribution in [0, 0.1) is 0 Å². The van der Waals surface area contributed by atoms with Crippen molar-refractivity contribution in [2.24, 2.45) is 0 Å². The van der Waals surface area contributed by atoms with Crippen LogP contribution >= 0.6 is 23.2 Å². The fourth-order valence-electron chi connectivity index (χ4n) is 0.200. The van der Waals surface area contributed by atoms with Gasteiger partial charge in [-0.05, 0) is 0 Å². The summed E-state index contributed by atoms with van der Waals surface area (Å²) in [6.07, 6.45) is -11.2. The molecule has 16 heavy (non-hydrogen) atoms. The highest BCUT2D eigenvalue weighted by atomic mass is 35.5. The Balaban J connectivity index is 0. The Morgan fingerprint density at radius 1 is 0.875 bits per heavy atom. The molecule has 0 radical (unpaired) electrons. The van der Waals surface area contributed by atoms with Crippen molar-refractivity contribution >= 4 is 35.1 Å². The zero-order valence-corrected chi connectivity index (χ0v) is 8.47. The third-order valence-electron chi connectivity index (χ3n) is 0.648. The Morgan fingerprint density at radius 2 is 1.06 bits per heavy atom. The summed E-state index contributed by atoms with van der Waals surface area (Å²) in [6.45, 7) is 0. The molecule has 0 aliphatic rings.